The van der Waals surface area contributed by atoms with Crippen LogP contribution < -0.4 is 16.0 Å². The van der Waals surface area contributed by atoms with Gasteiger partial charge in [0.1, 0.15) is 18.2 Å². The average Bonchev–Trinajstić information content (AvgIpc) is 2.93. The van der Waals surface area contributed by atoms with E-state index in [0.717, 1.165) is 0 Å². The molecule has 12 nitrogen and oxygen atoms in total. The van der Waals surface area contributed by atoms with Crippen LogP contribution in [0.25, 0.3) is 0 Å². The van der Waals surface area contributed by atoms with Crippen molar-refractivity contribution in [3.05, 3.63) is 65.7 Å². The molecule has 0 aliphatic carbocycles. The van der Waals surface area contributed by atoms with Crippen molar-refractivity contribution in [1.29, 1.82) is 0 Å². The number of rotatable bonds is 16. The largest absolute Gasteiger partial charge is 0.481 e. The molecule has 0 saturated heterocycles. The van der Waals surface area contributed by atoms with E-state index in [1.54, 1.807) is 44.2 Å². The van der Waals surface area contributed by atoms with Gasteiger partial charge < -0.3 is 31.0 Å². The lowest BCUT2D eigenvalue weighted by Crippen LogP contribution is -2.51. The van der Waals surface area contributed by atoms with E-state index >= 15 is 0 Å². The van der Waals surface area contributed by atoms with Crippen molar-refractivity contribution in [3.63, 3.8) is 0 Å². The number of ketones is 1. The molecule has 41 heavy (non-hydrogen) atoms. The normalized spacial score (nSPS) is 12.9. The summed E-state index contributed by atoms with van der Waals surface area (Å²) in [6, 6.07) is 11.9. The Morgan fingerprint density at radius 1 is 0.780 bits per heavy atom. The molecule has 0 bridgehead atoms. The number of carboxylic acids is 2. The maximum atomic E-state index is 13.1. The van der Waals surface area contributed by atoms with Gasteiger partial charge in [-0.25, -0.2) is 0 Å². The van der Waals surface area contributed by atoms with Gasteiger partial charge in [0.25, 0.3) is 0 Å². The summed E-state index contributed by atoms with van der Waals surface area (Å²) in [4.78, 5) is 85.0. The number of hydrogen-bond acceptors (Lipinski definition) is 7. The molecule has 3 unspecified atom stereocenters. The molecule has 218 valence electrons. The fourth-order valence-electron chi connectivity index (χ4n) is 3.91. The van der Waals surface area contributed by atoms with E-state index in [1.807, 2.05) is 0 Å². The topological polar surface area (TPSA) is 196 Å². The molecule has 0 aromatic heterocycles. The summed E-state index contributed by atoms with van der Waals surface area (Å²) in [5, 5.41) is 25.3. The van der Waals surface area contributed by atoms with E-state index in [9.17, 15) is 33.6 Å². The second-order valence-electron chi connectivity index (χ2n) is 9.79. The standard InChI is InChI=1S/C29H33N3O9/c1-17(2)14-22(27(39)31-21(16-33)15-25(36)37)28(40)32-23(12-13-24(34)35)29(41)30-20-10-8-19(9-11-20)26(38)18-6-4-3-5-7-18/h3-11,16-17,21-23H,12-15H2,1-2H3,(H,30,41)(H,31,39)(H,32,40)(H,34,35)(H,36,37). The number of hydrogen-bond donors (Lipinski definition) is 5. The average molecular weight is 568 g/mol. The number of nitrogens with one attached hydrogen (secondary N) is 3. The summed E-state index contributed by atoms with van der Waals surface area (Å²) in [6.07, 6.45) is -1.16. The minimum absolute atomic E-state index is 0.0144. The van der Waals surface area contributed by atoms with Crippen molar-refractivity contribution in [2.45, 2.75) is 51.6 Å². The highest BCUT2D eigenvalue weighted by Gasteiger charge is 2.32. The molecule has 0 radical (unpaired) electrons. The second-order valence-corrected chi connectivity index (χ2v) is 9.79. The first-order valence-electron chi connectivity index (χ1n) is 12.9. The summed E-state index contributed by atoms with van der Waals surface area (Å²) in [7, 11) is 0. The molecule has 2 aromatic rings. The number of anilines is 1. The Kier molecular flexibility index (Phi) is 12.3. The van der Waals surface area contributed by atoms with Crippen molar-refractivity contribution < 1.29 is 43.8 Å². The van der Waals surface area contributed by atoms with E-state index in [1.165, 1.54) is 24.3 Å². The van der Waals surface area contributed by atoms with Crippen molar-refractivity contribution in [1.82, 2.24) is 10.6 Å². The van der Waals surface area contributed by atoms with Crippen LogP contribution in [0, 0.1) is 11.8 Å². The zero-order valence-electron chi connectivity index (χ0n) is 22.7. The van der Waals surface area contributed by atoms with Crippen molar-refractivity contribution in [2.75, 3.05) is 5.32 Å². The number of benzene rings is 2. The first-order valence-corrected chi connectivity index (χ1v) is 12.9. The van der Waals surface area contributed by atoms with Gasteiger partial charge in [-0.05, 0) is 43.0 Å². The number of carboxylic acid groups (broad SMARTS) is 2. The number of amides is 3. The van der Waals surface area contributed by atoms with E-state index in [0.29, 0.717) is 11.1 Å². The molecule has 0 fully saturated rings. The Bertz CT molecular complexity index is 1260. The molecular formula is C29H33N3O9. The van der Waals surface area contributed by atoms with Gasteiger partial charge in [0.15, 0.2) is 5.78 Å². The van der Waals surface area contributed by atoms with Gasteiger partial charge in [0, 0.05) is 23.2 Å². The number of carbonyl (C=O) groups is 7. The third kappa shape index (κ3) is 10.7. The summed E-state index contributed by atoms with van der Waals surface area (Å²) in [5.74, 6) is -6.83. The zero-order chi connectivity index (χ0) is 30.5. The quantitative estimate of drug-likeness (QED) is 0.114. The summed E-state index contributed by atoms with van der Waals surface area (Å²) < 4.78 is 0. The minimum Gasteiger partial charge on any atom is -0.481 e. The molecule has 0 heterocycles. The van der Waals surface area contributed by atoms with Crippen LogP contribution in [-0.2, 0) is 28.8 Å². The molecule has 5 N–H and O–H groups in total. The zero-order valence-corrected chi connectivity index (χ0v) is 22.7. The summed E-state index contributed by atoms with van der Waals surface area (Å²) in [5.41, 5.74) is 1.15. The molecule has 12 heteroatoms. The highest BCUT2D eigenvalue weighted by Crippen LogP contribution is 2.17. The number of carbonyl (C=O) groups excluding carboxylic acids is 5. The lowest BCUT2D eigenvalue weighted by Gasteiger charge is -2.23. The Balaban J connectivity index is 2.18. The van der Waals surface area contributed by atoms with Gasteiger partial charge >= 0.3 is 11.9 Å². The van der Waals surface area contributed by atoms with Gasteiger partial charge in [-0.3, -0.25) is 28.8 Å². The molecule has 0 aliphatic rings. The minimum atomic E-state index is -1.38. The molecular weight excluding hydrogens is 534 g/mol. The van der Waals surface area contributed by atoms with Crippen LogP contribution in [0.1, 0.15) is 55.5 Å². The van der Waals surface area contributed by atoms with Gasteiger partial charge in [0.2, 0.25) is 17.7 Å². The van der Waals surface area contributed by atoms with Crippen LogP contribution in [0.3, 0.4) is 0 Å². The van der Waals surface area contributed by atoms with E-state index in [-0.39, 0.29) is 36.5 Å². The lowest BCUT2D eigenvalue weighted by atomic mass is 9.94. The fraction of sp³-hybridized carbons (Fsp3) is 0.345. The van der Waals surface area contributed by atoms with Crippen LogP contribution in [0.2, 0.25) is 0 Å². The summed E-state index contributed by atoms with van der Waals surface area (Å²) >= 11 is 0. The van der Waals surface area contributed by atoms with Crippen LogP contribution in [0.4, 0.5) is 5.69 Å². The molecule has 0 saturated carbocycles. The molecule has 0 spiro atoms. The van der Waals surface area contributed by atoms with Gasteiger partial charge in [-0.1, -0.05) is 44.2 Å². The van der Waals surface area contributed by atoms with Gasteiger partial charge in [-0.15, -0.1) is 0 Å². The van der Waals surface area contributed by atoms with E-state index < -0.39 is 60.5 Å². The predicted molar refractivity (Wildman–Crippen MR) is 147 cm³/mol. The van der Waals surface area contributed by atoms with Crippen LogP contribution in [0.15, 0.2) is 54.6 Å². The predicted octanol–water partition coefficient (Wildman–Crippen LogP) is 2.03. The third-order valence-electron chi connectivity index (χ3n) is 5.96. The molecule has 2 aromatic carbocycles. The van der Waals surface area contributed by atoms with Crippen LogP contribution in [-0.4, -0.2) is 64.0 Å². The van der Waals surface area contributed by atoms with Gasteiger partial charge in [-0.2, -0.15) is 0 Å². The maximum absolute atomic E-state index is 13.1. The van der Waals surface area contributed by atoms with Crippen molar-refractivity contribution in [3.8, 4) is 0 Å². The Labute approximate surface area is 236 Å². The molecule has 2 rings (SSSR count). The molecule has 0 aliphatic heterocycles. The molecule has 3 amide bonds. The van der Waals surface area contributed by atoms with E-state index in [2.05, 4.69) is 16.0 Å². The van der Waals surface area contributed by atoms with E-state index in [4.69, 9.17) is 10.2 Å². The Morgan fingerprint density at radius 2 is 1.37 bits per heavy atom. The SMILES string of the molecule is CC(C)CC(C(=O)NC(C=O)CC(=O)O)C(=O)NC(CCC(=O)O)C(=O)Nc1ccc(C(=O)c2ccccc2)cc1. The first kappa shape index (κ1) is 32.3. The Morgan fingerprint density at radius 3 is 1.90 bits per heavy atom. The van der Waals surface area contributed by atoms with Crippen molar-refractivity contribution in [2.24, 2.45) is 11.8 Å². The number of aliphatic carboxylic acids is 2. The lowest BCUT2D eigenvalue weighted by molar-refractivity contribution is -0.141. The highest BCUT2D eigenvalue weighted by molar-refractivity contribution is 6.09. The van der Waals surface area contributed by atoms with Crippen molar-refractivity contribution >= 4 is 47.4 Å². The fourth-order valence-corrected chi connectivity index (χ4v) is 3.91. The third-order valence-corrected chi connectivity index (χ3v) is 5.96. The monoisotopic (exact) mass is 567 g/mol. The maximum Gasteiger partial charge on any atom is 0.305 e. The second kappa shape index (κ2) is 15.7. The smallest absolute Gasteiger partial charge is 0.305 e. The molecule has 3 atom stereocenters. The Hall–Kier alpha value is -4.87. The van der Waals surface area contributed by atoms with Crippen LogP contribution in [0.5, 0.6) is 0 Å². The highest BCUT2D eigenvalue weighted by atomic mass is 16.4. The van der Waals surface area contributed by atoms with Gasteiger partial charge in [0.05, 0.1) is 12.5 Å². The first-order chi connectivity index (χ1) is 19.4. The number of aldehydes is 1. The summed E-state index contributed by atoms with van der Waals surface area (Å²) in [6.45, 7) is 3.48. The van der Waals surface area contributed by atoms with Crippen LogP contribution >= 0.6 is 0 Å².